The Balaban J connectivity index is 1.88. The number of likely N-dealkylation sites (tertiary alicyclic amines) is 1. The molecule has 20 heavy (non-hydrogen) atoms. The second kappa shape index (κ2) is 6.26. The van der Waals surface area contributed by atoms with E-state index in [-0.39, 0.29) is 18.5 Å². The molecule has 2 amide bonds. The highest BCUT2D eigenvalue weighted by atomic mass is 79.9. The van der Waals surface area contributed by atoms with Gasteiger partial charge in [-0.3, -0.25) is 4.79 Å². The zero-order chi connectivity index (χ0) is 14.7. The number of rotatable bonds is 3. The fourth-order valence-corrected chi connectivity index (χ4v) is 2.84. The minimum atomic E-state index is -0.834. The maximum Gasteiger partial charge on any atom is 0.317 e. The van der Waals surface area contributed by atoms with Gasteiger partial charge in [-0.2, -0.15) is 0 Å². The van der Waals surface area contributed by atoms with Gasteiger partial charge in [-0.15, -0.1) is 0 Å². The summed E-state index contributed by atoms with van der Waals surface area (Å²) in [5.74, 6) is -1.31. The third kappa shape index (κ3) is 3.50. The average molecular weight is 341 g/mol. The van der Waals surface area contributed by atoms with Crippen molar-refractivity contribution < 1.29 is 14.7 Å². The highest BCUT2D eigenvalue weighted by molar-refractivity contribution is 9.10. The van der Waals surface area contributed by atoms with Gasteiger partial charge in [0.05, 0.1) is 5.92 Å². The fraction of sp³-hybridized carbons (Fsp3) is 0.429. The van der Waals surface area contributed by atoms with E-state index in [1.54, 1.807) is 4.90 Å². The molecule has 0 aliphatic carbocycles. The molecule has 1 saturated heterocycles. The summed E-state index contributed by atoms with van der Waals surface area (Å²) < 4.78 is 0.963. The summed E-state index contributed by atoms with van der Waals surface area (Å²) in [6, 6.07) is 7.49. The van der Waals surface area contributed by atoms with Crippen LogP contribution < -0.4 is 5.32 Å². The summed E-state index contributed by atoms with van der Waals surface area (Å²) in [6.07, 6.45) is 0. The van der Waals surface area contributed by atoms with Crippen molar-refractivity contribution in [3.8, 4) is 0 Å². The van der Waals surface area contributed by atoms with Gasteiger partial charge in [0.2, 0.25) is 0 Å². The van der Waals surface area contributed by atoms with Gasteiger partial charge in [-0.1, -0.05) is 35.0 Å². The lowest BCUT2D eigenvalue weighted by atomic mass is 9.99. The summed E-state index contributed by atoms with van der Waals surface area (Å²) >= 11 is 3.38. The molecule has 0 bridgehead atoms. The molecular formula is C14H17BrN2O3. The number of carbonyl (C=O) groups excluding carboxylic acids is 1. The Morgan fingerprint density at radius 2 is 2.20 bits per heavy atom. The Kier molecular flexibility index (Phi) is 4.65. The molecule has 1 aromatic carbocycles. The Bertz CT molecular complexity index is 521. The van der Waals surface area contributed by atoms with E-state index in [0.717, 1.165) is 10.0 Å². The first-order valence-corrected chi connectivity index (χ1v) is 7.26. The van der Waals surface area contributed by atoms with E-state index in [1.807, 2.05) is 31.2 Å². The van der Waals surface area contributed by atoms with Crippen molar-refractivity contribution in [1.82, 2.24) is 10.2 Å². The Morgan fingerprint density at radius 3 is 2.80 bits per heavy atom. The molecule has 0 unspecified atom stereocenters. The van der Waals surface area contributed by atoms with Gasteiger partial charge < -0.3 is 15.3 Å². The molecule has 0 saturated carbocycles. The third-order valence-electron chi connectivity index (χ3n) is 3.55. The summed E-state index contributed by atoms with van der Waals surface area (Å²) in [5.41, 5.74) is 0.995. The lowest BCUT2D eigenvalue weighted by molar-refractivity contribution is -0.142. The van der Waals surface area contributed by atoms with Crippen molar-refractivity contribution in [3.05, 3.63) is 34.3 Å². The number of carboxylic acids is 1. The van der Waals surface area contributed by atoms with Gasteiger partial charge in [-0.25, -0.2) is 4.79 Å². The first kappa shape index (κ1) is 14.8. The molecule has 1 heterocycles. The number of halogens is 1. The predicted molar refractivity (Wildman–Crippen MR) is 78.2 cm³/mol. The first-order chi connectivity index (χ1) is 9.47. The van der Waals surface area contributed by atoms with Gasteiger partial charge in [0.25, 0.3) is 0 Å². The number of nitrogens with one attached hydrogen (secondary N) is 1. The standard InChI is InChI=1S/C14H17BrN2O3/c1-9-7-17(8-12(9)13(18)19)14(20)16-6-10-3-2-4-11(15)5-10/h2-5,9,12H,6-8H2,1H3,(H,16,20)(H,18,19)/t9-,12-/m1/s1. The zero-order valence-corrected chi connectivity index (χ0v) is 12.8. The number of benzene rings is 1. The number of nitrogens with zero attached hydrogens (tertiary/aromatic N) is 1. The minimum Gasteiger partial charge on any atom is -0.481 e. The smallest absolute Gasteiger partial charge is 0.317 e. The predicted octanol–water partition coefficient (Wildman–Crippen LogP) is 2.31. The molecule has 5 nitrogen and oxygen atoms in total. The normalized spacial score (nSPS) is 21.8. The topological polar surface area (TPSA) is 69.6 Å². The summed E-state index contributed by atoms with van der Waals surface area (Å²) in [6.45, 7) is 3.06. The van der Waals surface area contributed by atoms with Crippen LogP contribution in [0, 0.1) is 11.8 Å². The number of carboxylic acid groups (broad SMARTS) is 1. The Hall–Kier alpha value is -1.56. The van der Waals surface area contributed by atoms with Crippen LogP contribution in [0.5, 0.6) is 0 Å². The molecule has 0 radical (unpaired) electrons. The number of amides is 2. The lowest BCUT2D eigenvalue weighted by Crippen LogP contribution is -2.38. The van der Waals surface area contributed by atoms with Crippen molar-refractivity contribution in [2.24, 2.45) is 11.8 Å². The maximum atomic E-state index is 12.0. The van der Waals surface area contributed by atoms with Crippen LogP contribution in [0.2, 0.25) is 0 Å². The van der Waals surface area contributed by atoms with E-state index >= 15 is 0 Å². The molecule has 2 rings (SSSR count). The van der Waals surface area contributed by atoms with Crippen LogP contribution in [0.25, 0.3) is 0 Å². The van der Waals surface area contributed by atoms with Gasteiger partial charge in [0.15, 0.2) is 0 Å². The summed E-state index contributed by atoms with van der Waals surface area (Å²) in [7, 11) is 0. The Morgan fingerprint density at radius 1 is 1.45 bits per heavy atom. The quantitative estimate of drug-likeness (QED) is 0.886. The SMILES string of the molecule is C[C@@H]1CN(C(=O)NCc2cccc(Br)c2)C[C@H]1C(=O)O. The molecule has 1 aliphatic heterocycles. The van der Waals surface area contributed by atoms with Crippen LogP contribution in [-0.2, 0) is 11.3 Å². The fourth-order valence-electron chi connectivity index (χ4n) is 2.39. The number of aliphatic carboxylic acids is 1. The minimum absolute atomic E-state index is 0.0101. The summed E-state index contributed by atoms with van der Waals surface area (Å²) in [5, 5.41) is 11.9. The largest absolute Gasteiger partial charge is 0.481 e. The van der Waals surface area contributed by atoms with Crippen molar-refractivity contribution in [2.45, 2.75) is 13.5 Å². The Labute approximate surface area is 126 Å². The van der Waals surface area contributed by atoms with E-state index in [0.29, 0.717) is 13.1 Å². The number of carbonyl (C=O) groups is 2. The number of hydrogen-bond donors (Lipinski definition) is 2. The molecule has 0 spiro atoms. The van der Waals surface area contributed by atoms with E-state index in [2.05, 4.69) is 21.2 Å². The van der Waals surface area contributed by atoms with Crippen molar-refractivity contribution in [2.75, 3.05) is 13.1 Å². The molecular weight excluding hydrogens is 324 g/mol. The van der Waals surface area contributed by atoms with Crippen LogP contribution >= 0.6 is 15.9 Å². The van der Waals surface area contributed by atoms with Crippen molar-refractivity contribution in [3.63, 3.8) is 0 Å². The molecule has 1 aromatic rings. The highest BCUT2D eigenvalue weighted by Gasteiger charge is 2.36. The van der Waals surface area contributed by atoms with Crippen LogP contribution in [0.4, 0.5) is 4.79 Å². The van der Waals surface area contributed by atoms with Gasteiger partial charge >= 0.3 is 12.0 Å². The highest BCUT2D eigenvalue weighted by Crippen LogP contribution is 2.23. The molecule has 2 atom stereocenters. The molecule has 108 valence electrons. The zero-order valence-electron chi connectivity index (χ0n) is 11.2. The van der Waals surface area contributed by atoms with Crippen molar-refractivity contribution in [1.29, 1.82) is 0 Å². The van der Waals surface area contributed by atoms with Crippen molar-refractivity contribution >= 4 is 27.9 Å². The van der Waals surface area contributed by atoms with Crippen LogP contribution in [0.3, 0.4) is 0 Å². The van der Waals surface area contributed by atoms with E-state index in [4.69, 9.17) is 5.11 Å². The average Bonchev–Trinajstić information content (AvgIpc) is 2.78. The third-order valence-corrected chi connectivity index (χ3v) is 4.04. The molecule has 1 aliphatic rings. The maximum absolute atomic E-state index is 12.0. The van der Waals surface area contributed by atoms with E-state index in [1.165, 1.54) is 0 Å². The van der Waals surface area contributed by atoms with Gasteiger partial charge in [0, 0.05) is 24.1 Å². The molecule has 6 heteroatoms. The molecule has 1 fully saturated rings. The monoisotopic (exact) mass is 340 g/mol. The van der Waals surface area contributed by atoms with E-state index in [9.17, 15) is 9.59 Å². The summed E-state index contributed by atoms with van der Waals surface area (Å²) in [4.78, 5) is 24.6. The molecule has 2 N–H and O–H groups in total. The number of urea groups is 1. The van der Waals surface area contributed by atoms with Gasteiger partial charge in [0.1, 0.15) is 0 Å². The first-order valence-electron chi connectivity index (χ1n) is 6.47. The van der Waals surface area contributed by atoms with Gasteiger partial charge in [-0.05, 0) is 23.6 Å². The van der Waals surface area contributed by atoms with E-state index < -0.39 is 11.9 Å². The number of hydrogen-bond acceptors (Lipinski definition) is 2. The van der Waals surface area contributed by atoms with Crippen LogP contribution in [-0.4, -0.2) is 35.1 Å². The van der Waals surface area contributed by atoms with Crippen LogP contribution in [0.15, 0.2) is 28.7 Å². The van der Waals surface area contributed by atoms with Crippen LogP contribution in [0.1, 0.15) is 12.5 Å². The second-order valence-corrected chi connectivity index (χ2v) is 6.03. The lowest BCUT2D eigenvalue weighted by Gasteiger charge is -2.17. The molecule has 0 aromatic heterocycles. The second-order valence-electron chi connectivity index (χ2n) is 5.12.